The molecule has 0 radical (unpaired) electrons. The predicted octanol–water partition coefficient (Wildman–Crippen LogP) is 0.195. The molecule has 16 heavy (non-hydrogen) atoms. The fraction of sp³-hybridized carbons (Fsp3) is 0.636. The van der Waals surface area contributed by atoms with Crippen LogP contribution in [-0.4, -0.2) is 53.0 Å². The van der Waals surface area contributed by atoms with Crippen LogP contribution in [-0.2, 0) is 6.54 Å². The summed E-state index contributed by atoms with van der Waals surface area (Å²) in [4.78, 5) is 13.0. The van der Waals surface area contributed by atoms with E-state index in [4.69, 9.17) is 5.73 Å². The number of nitrogen functional groups attached to an aromatic ring is 1. The number of likely N-dealkylation sites (N-methyl/N-ethyl adjacent to an activating group) is 1. The Morgan fingerprint density at radius 2 is 2.25 bits per heavy atom. The Hall–Kier alpha value is -1.20. The van der Waals surface area contributed by atoms with Gasteiger partial charge in [0.05, 0.1) is 18.1 Å². The highest BCUT2D eigenvalue weighted by Crippen LogP contribution is 2.15. The molecule has 88 valence electrons. The van der Waals surface area contributed by atoms with Gasteiger partial charge in [0, 0.05) is 25.7 Å². The Morgan fingerprint density at radius 3 is 2.81 bits per heavy atom. The second kappa shape index (κ2) is 4.76. The molecule has 0 amide bonds. The molecule has 1 aliphatic heterocycles. The van der Waals surface area contributed by atoms with Crippen LogP contribution in [0.2, 0.25) is 0 Å². The number of anilines is 1. The molecule has 2 rings (SSSR count). The molecule has 1 saturated heterocycles. The van der Waals surface area contributed by atoms with E-state index in [1.165, 1.54) is 6.42 Å². The highest BCUT2D eigenvalue weighted by atomic mass is 15.2. The zero-order valence-corrected chi connectivity index (χ0v) is 9.93. The summed E-state index contributed by atoms with van der Waals surface area (Å²) in [6, 6.07) is 0.668. The Kier molecular flexibility index (Phi) is 3.36. The van der Waals surface area contributed by atoms with Crippen molar-refractivity contribution in [3.8, 4) is 0 Å². The van der Waals surface area contributed by atoms with E-state index in [-0.39, 0.29) is 0 Å². The van der Waals surface area contributed by atoms with Gasteiger partial charge in [-0.05, 0) is 20.5 Å². The molecular formula is C11H19N5. The largest absolute Gasteiger partial charge is 0.382 e. The van der Waals surface area contributed by atoms with Gasteiger partial charge in [-0.15, -0.1) is 0 Å². The lowest BCUT2D eigenvalue weighted by Crippen LogP contribution is -2.31. The molecule has 1 aromatic rings. The first-order valence-corrected chi connectivity index (χ1v) is 5.60. The van der Waals surface area contributed by atoms with Crippen LogP contribution in [0.25, 0.3) is 0 Å². The van der Waals surface area contributed by atoms with Crippen molar-refractivity contribution in [2.24, 2.45) is 0 Å². The zero-order chi connectivity index (χ0) is 11.5. The quantitative estimate of drug-likeness (QED) is 0.790. The first-order valence-electron chi connectivity index (χ1n) is 5.60. The third kappa shape index (κ3) is 2.68. The van der Waals surface area contributed by atoms with Gasteiger partial charge in [0.2, 0.25) is 0 Å². The summed E-state index contributed by atoms with van der Waals surface area (Å²) in [7, 11) is 4.27. The van der Waals surface area contributed by atoms with Crippen LogP contribution in [0.5, 0.6) is 0 Å². The lowest BCUT2D eigenvalue weighted by Gasteiger charge is -2.19. The number of aromatic nitrogens is 2. The van der Waals surface area contributed by atoms with E-state index < -0.39 is 0 Å². The first kappa shape index (κ1) is 11.3. The molecule has 1 unspecified atom stereocenters. The van der Waals surface area contributed by atoms with Gasteiger partial charge in [-0.2, -0.15) is 0 Å². The molecule has 1 atom stereocenters. The minimum Gasteiger partial charge on any atom is -0.382 e. The summed E-state index contributed by atoms with van der Waals surface area (Å²) in [5, 5.41) is 0. The van der Waals surface area contributed by atoms with Crippen molar-refractivity contribution in [2.45, 2.75) is 19.0 Å². The topological polar surface area (TPSA) is 58.3 Å². The van der Waals surface area contributed by atoms with Crippen molar-refractivity contribution in [2.75, 3.05) is 32.9 Å². The summed E-state index contributed by atoms with van der Waals surface area (Å²) in [6.45, 7) is 3.12. The number of hydrogen-bond acceptors (Lipinski definition) is 5. The monoisotopic (exact) mass is 221 g/mol. The lowest BCUT2D eigenvalue weighted by molar-refractivity contribution is 0.263. The van der Waals surface area contributed by atoms with Gasteiger partial charge in [-0.25, -0.2) is 4.98 Å². The highest BCUT2D eigenvalue weighted by molar-refractivity contribution is 5.22. The van der Waals surface area contributed by atoms with Gasteiger partial charge < -0.3 is 10.6 Å². The summed E-state index contributed by atoms with van der Waals surface area (Å²) >= 11 is 0. The fourth-order valence-corrected chi connectivity index (χ4v) is 2.05. The fourth-order valence-electron chi connectivity index (χ4n) is 2.05. The molecule has 2 N–H and O–H groups in total. The number of likely N-dealkylation sites (tertiary alicyclic amines) is 1. The van der Waals surface area contributed by atoms with Crippen molar-refractivity contribution < 1.29 is 0 Å². The van der Waals surface area contributed by atoms with Crippen LogP contribution in [0.3, 0.4) is 0 Å². The Balaban J connectivity index is 1.89. The smallest absolute Gasteiger partial charge is 0.141 e. The summed E-state index contributed by atoms with van der Waals surface area (Å²) in [5.74, 6) is 0.483. The van der Waals surface area contributed by atoms with Crippen LogP contribution in [0.4, 0.5) is 5.82 Å². The molecule has 1 aliphatic rings. The average Bonchev–Trinajstić information content (AvgIpc) is 2.70. The van der Waals surface area contributed by atoms with E-state index in [9.17, 15) is 0 Å². The minimum atomic E-state index is 0.483. The molecule has 0 saturated carbocycles. The maximum Gasteiger partial charge on any atom is 0.141 e. The standard InChI is InChI=1S/C11H19N5/c1-15(2)10-3-4-16(8-10)7-9-5-14-11(12)6-13-9/h5-6,10H,3-4,7-8H2,1-2H3,(H2,12,14). The van der Waals surface area contributed by atoms with E-state index in [0.717, 1.165) is 25.3 Å². The van der Waals surface area contributed by atoms with Crippen LogP contribution in [0.1, 0.15) is 12.1 Å². The lowest BCUT2D eigenvalue weighted by atomic mass is 10.2. The second-order valence-electron chi connectivity index (χ2n) is 4.57. The number of rotatable bonds is 3. The SMILES string of the molecule is CN(C)C1CCN(Cc2cnc(N)cn2)C1. The molecule has 5 nitrogen and oxygen atoms in total. The van der Waals surface area contributed by atoms with Crippen LogP contribution < -0.4 is 5.73 Å². The van der Waals surface area contributed by atoms with Gasteiger partial charge in [-0.1, -0.05) is 0 Å². The Morgan fingerprint density at radius 1 is 1.44 bits per heavy atom. The minimum absolute atomic E-state index is 0.483. The number of hydrogen-bond donors (Lipinski definition) is 1. The molecule has 0 aliphatic carbocycles. The molecular weight excluding hydrogens is 202 g/mol. The Labute approximate surface area is 96.3 Å². The van der Waals surface area contributed by atoms with Crippen molar-refractivity contribution in [3.63, 3.8) is 0 Å². The molecule has 1 fully saturated rings. The normalized spacial score (nSPS) is 21.8. The second-order valence-corrected chi connectivity index (χ2v) is 4.57. The summed E-state index contributed by atoms with van der Waals surface area (Å²) in [5.41, 5.74) is 6.50. The summed E-state index contributed by atoms with van der Waals surface area (Å²) in [6.07, 6.45) is 4.61. The Bertz CT molecular complexity index is 335. The van der Waals surface area contributed by atoms with E-state index in [0.29, 0.717) is 11.9 Å². The molecule has 1 aromatic heterocycles. The van der Waals surface area contributed by atoms with Crippen molar-refractivity contribution >= 4 is 5.82 Å². The number of nitrogens with two attached hydrogens (primary N) is 1. The van der Waals surface area contributed by atoms with E-state index in [1.807, 2.05) is 0 Å². The van der Waals surface area contributed by atoms with Crippen molar-refractivity contribution in [1.29, 1.82) is 0 Å². The first-order chi connectivity index (χ1) is 7.65. The molecule has 5 heteroatoms. The van der Waals surface area contributed by atoms with E-state index >= 15 is 0 Å². The maximum absolute atomic E-state index is 5.50. The average molecular weight is 221 g/mol. The maximum atomic E-state index is 5.50. The van der Waals surface area contributed by atoms with Crippen LogP contribution >= 0.6 is 0 Å². The van der Waals surface area contributed by atoms with Crippen molar-refractivity contribution in [1.82, 2.24) is 19.8 Å². The van der Waals surface area contributed by atoms with E-state index in [1.54, 1.807) is 12.4 Å². The summed E-state index contributed by atoms with van der Waals surface area (Å²) < 4.78 is 0. The van der Waals surface area contributed by atoms with Gasteiger partial charge in [-0.3, -0.25) is 9.88 Å². The van der Waals surface area contributed by atoms with Gasteiger partial charge in [0.25, 0.3) is 0 Å². The molecule has 0 spiro atoms. The van der Waals surface area contributed by atoms with E-state index in [2.05, 4.69) is 33.9 Å². The van der Waals surface area contributed by atoms with Gasteiger partial charge in [0.15, 0.2) is 0 Å². The van der Waals surface area contributed by atoms with Gasteiger partial charge in [0.1, 0.15) is 5.82 Å². The predicted molar refractivity (Wildman–Crippen MR) is 63.8 cm³/mol. The molecule has 0 bridgehead atoms. The highest BCUT2D eigenvalue weighted by Gasteiger charge is 2.23. The van der Waals surface area contributed by atoms with Crippen LogP contribution in [0, 0.1) is 0 Å². The third-order valence-corrected chi connectivity index (χ3v) is 3.09. The van der Waals surface area contributed by atoms with Gasteiger partial charge >= 0.3 is 0 Å². The van der Waals surface area contributed by atoms with Crippen LogP contribution in [0.15, 0.2) is 12.4 Å². The van der Waals surface area contributed by atoms with Crippen molar-refractivity contribution in [3.05, 3.63) is 18.1 Å². The number of nitrogens with zero attached hydrogens (tertiary/aromatic N) is 4. The zero-order valence-electron chi connectivity index (χ0n) is 9.93. The molecule has 2 heterocycles. The third-order valence-electron chi connectivity index (χ3n) is 3.09. The molecule has 0 aromatic carbocycles.